The van der Waals surface area contributed by atoms with Crippen LogP contribution in [-0.4, -0.2) is 59.0 Å². The van der Waals surface area contributed by atoms with E-state index in [0.29, 0.717) is 24.3 Å². The third-order valence-electron chi connectivity index (χ3n) is 6.05. The minimum atomic E-state index is -2.87. The molecule has 0 amide bonds. The third kappa shape index (κ3) is 4.64. The van der Waals surface area contributed by atoms with Crippen molar-refractivity contribution in [2.75, 3.05) is 36.9 Å². The van der Waals surface area contributed by atoms with Crippen LogP contribution in [0.5, 0.6) is 0 Å². The Morgan fingerprint density at radius 2 is 1.97 bits per heavy atom. The van der Waals surface area contributed by atoms with E-state index in [0.717, 1.165) is 41.8 Å². The Balaban J connectivity index is 1.42. The van der Waals surface area contributed by atoms with E-state index in [4.69, 9.17) is 10.7 Å². The van der Waals surface area contributed by atoms with Crippen molar-refractivity contribution in [1.29, 1.82) is 0 Å². The van der Waals surface area contributed by atoms with Gasteiger partial charge in [-0.1, -0.05) is 6.07 Å². The number of benzene rings is 1. The Morgan fingerprint density at radius 1 is 1.15 bits per heavy atom. The summed E-state index contributed by atoms with van der Waals surface area (Å²) in [5.74, 6) is 0.824. The van der Waals surface area contributed by atoms with Gasteiger partial charge < -0.3 is 10.6 Å². The molecule has 0 unspecified atom stereocenters. The highest BCUT2D eigenvalue weighted by Gasteiger charge is 2.21. The molecular weight excluding hydrogens is 461 g/mol. The molecule has 7 nitrogen and oxygen atoms in total. The molecule has 1 fully saturated rings. The molecule has 4 aromatic rings. The second-order valence-electron chi connectivity index (χ2n) is 8.27. The topological polar surface area (TPSA) is 94.1 Å². The van der Waals surface area contributed by atoms with E-state index >= 15 is 0 Å². The van der Waals surface area contributed by atoms with Crippen molar-refractivity contribution in [3.05, 3.63) is 58.8 Å². The van der Waals surface area contributed by atoms with Crippen LogP contribution < -0.4 is 5.73 Å². The van der Waals surface area contributed by atoms with Gasteiger partial charge in [0.15, 0.2) is 9.84 Å². The van der Waals surface area contributed by atoms with E-state index in [1.54, 1.807) is 17.6 Å². The lowest BCUT2D eigenvalue weighted by Gasteiger charge is -2.26. The maximum atomic E-state index is 14.0. The number of nitrogens with two attached hydrogens (primary N) is 1. The summed E-state index contributed by atoms with van der Waals surface area (Å²) in [6.07, 6.45) is 3.83. The van der Waals surface area contributed by atoms with Crippen molar-refractivity contribution in [2.45, 2.75) is 12.8 Å². The maximum Gasteiger partial charge on any atom is 0.152 e. The van der Waals surface area contributed by atoms with Gasteiger partial charge in [0.2, 0.25) is 0 Å². The number of pyridine rings is 1. The zero-order valence-electron chi connectivity index (χ0n) is 17.9. The molecule has 0 aliphatic carbocycles. The number of nitrogens with zero attached hydrogens (tertiary/aromatic N) is 4. The molecule has 1 saturated heterocycles. The number of nitrogen functional groups attached to an aromatic ring is 1. The van der Waals surface area contributed by atoms with Gasteiger partial charge in [-0.15, -0.1) is 11.3 Å². The molecule has 1 aliphatic rings. The van der Waals surface area contributed by atoms with E-state index in [1.807, 2.05) is 22.1 Å². The Hall–Kier alpha value is -2.82. The third-order valence-corrected chi connectivity index (χ3v) is 8.24. The smallest absolute Gasteiger partial charge is 0.152 e. The van der Waals surface area contributed by atoms with Crippen molar-refractivity contribution in [3.63, 3.8) is 0 Å². The van der Waals surface area contributed by atoms with Gasteiger partial charge in [0.25, 0.3) is 0 Å². The summed E-state index contributed by atoms with van der Waals surface area (Å²) in [5.41, 5.74) is 10.8. The first kappa shape index (κ1) is 22.0. The average molecular weight is 486 g/mol. The summed E-state index contributed by atoms with van der Waals surface area (Å²) in [4.78, 5) is 11.5. The van der Waals surface area contributed by atoms with Gasteiger partial charge in [-0.05, 0) is 49.2 Å². The molecule has 1 aliphatic heterocycles. The minimum absolute atomic E-state index is 0.110. The van der Waals surface area contributed by atoms with Crippen molar-refractivity contribution < 1.29 is 12.8 Å². The molecule has 33 heavy (non-hydrogen) atoms. The maximum absolute atomic E-state index is 14.0. The van der Waals surface area contributed by atoms with Crippen LogP contribution in [0.15, 0.2) is 47.4 Å². The van der Waals surface area contributed by atoms with Gasteiger partial charge in [-0.3, -0.25) is 4.57 Å². The Labute approximate surface area is 195 Å². The molecule has 0 atom stereocenters. The summed E-state index contributed by atoms with van der Waals surface area (Å²) in [7, 11) is -2.87. The summed E-state index contributed by atoms with van der Waals surface area (Å²) < 4.78 is 39.3. The molecule has 0 bridgehead atoms. The number of aromatic nitrogens is 3. The number of aryl methyl sites for hydroxylation is 1. The fraction of sp³-hybridized carbons (Fsp3) is 0.304. The lowest BCUT2D eigenvalue weighted by Crippen LogP contribution is -2.40. The average Bonchev–Trinajstić information content (AvgIpc) is 3.45. The van der Waals surface area contributed by atoms with Gasteiger partial charge in [-0.2, -0.15) is 0 Å². The van der Waals surface area contributed by atoms with Gasteiger partial charge in [0.1, 0.15) is 17.3 Å². The van der Waals surface area contributed by atoms with Crippen molar-refractivity contribution in [1.82, 2.24) is 19.4 Å². The molecule has 10 heteroatoms. The zero-order chi connectivity index (χ0) is 23.0. The number of thiazole rings is 1. The van der Waals surface area contributed by atoms with E-state index in [9.17, 15) is 12.8 Å². The number of fused-ring (bicyclic) bond motifs is 1. The van der Waals surface area contributed by atoms with Gasteiger partial charge in [0, 0.05) is 35.6 Å². The van der Waals surface area contributed by atoms with Crippen LogP contribution in [0.3, 0.4) is 0 Å². The first-order chi connectivity index (χ1) is 15.9. The van der Waals surface area contributed by atoms with E-state index in [-0.39, 0.29) is 17.2 Å². The fourth-order valence-electron chi connectivity index (χ4n) is 4.18. The van der Waals surface area contributed by atoms with Crippen LogP contribution in [0.4, 0.5) is 10.1 Å². The van der Waals surface area contributed by atoms with E-state index in [2.05, 4.69) is 16.1 Å². The molecule has 4 heterocycles. The van der Waals surface area contributed by atoms with Crippen molar-refractivity contribution in [3.8, 4) is 17.1 Å². The van der Waals surface area contributed by atoms with E-state index < -0.39 is 15.7 Å². The number of hydrogen-bond acceptors (Lipinski definition) is 7. The molecular formula is C23H24FN5O2S2. The summed E-state index contributed by atoms with van der Waals surface area (Å²) in [6, 6.07) is 8.64. The van der Waals surface area contributed by atoms with Crippen LogP contribution in [-0.2, 0) is 16.3 Å². The molecule has 0 spiro atoms. The van der Waals surface area contributed by atoms with Crippen LogP contribution in [0.2, 0.25) is 0 Å². The summed E-state index contributed by atoms with van der Waals surface area (Å²) >= 11 is 1.51. The van der Waals surface area contributed by atoms with Gasteiger partial charge in [-0.25, -0.2) is 22.8 Å². The lowest BCUT2D eigenvalue weighted by atomic mass is 10.1. The highest BCUT2D eigenvalue weighted by atomic mass is 32.2. The van der Waals surface area contributed by atoms with Crippen molar-refractivity contribution >= 4 is 37.9 Å². The predicted octanol–water partition coefficient (Wildman–Crippen LogP) is 3.53. The normalized spacial score (nSPS) is 16.4. The number of rotatable bonds is 6. The molecule has 2 N–H and O–H groups in total. The second kappa shape index (κ2) is 8.85. The Bertz CT molecular complexity index is 1390. The Morgan fingerprint density at radius 3 is 2.70 bits per heavy atom. The SMILES string of the molecule is Nc1ccc(-c2ccc3c(CCCN4CCS(=O)(=O)CC4)cn(-c4cscn4)c3n2)cc1F. The van der Waals surface area contributed by atoms with Crippen molar-refractivity contribution in [2.24, 2.45) is 0 Å². The standard InChI is InChI=1S/C23H24FN5O2S2/c24-19-12-16(3-5-20(19)25)21-6-4-18-17(2-1-7-28-8-10-33(30,31)11-9-28)13-29(23(18)27-21)22-14-32-15-26-22/h3-6,12-15H,1-2,7-11,25H2. The highest BCUT2D eigenvalue weighted by molar-refractivity contribution is 7.91. The lowest BCUT2D eigenvalue weighted by molar-refractivity contribution is 0.292. The van der Waals surface area contributed by atoms with Gasteiger partial charge >= 0.3 is 0 Å². The molecule has 1 aromatic carbocycles. The van der Waals surface area contributed by atoms with Crippen LogP contribution in [0, 0.1) is 5.82 Å². The Kier molecular flexibility index (Phi) is 5.90. The van der Waals surface area contributed by atoms with Crippen LogP contribution in [0.25, 0.3) is 28.1 Å². The number of sulfone groups is 1. The quantitative estimate of drug-likeness (QED) is 0.420. The summed E-state index contributed by atoms with van der Waals surface area (Å²) in [5, 5.41) is 3.00. The first-order valence-electron chi connectivity index (χ1n) is 10.8. The summed E-state index contributed by atoms with van der Waals surface area (Å²) in [6.45, 7) is 2.06. The number of anilines is 1. The monoisotopic (exact) mass is 485 g/mol. The number of halogens is 1. The number of hydrogen-bond donors (Lipinski definition) is 1. The molecule has 0 saturated carbocycles. The zero-order valence-corrected chi connectivity index (χ0v) is 19.6. The molecule has 0 radical (unpaired) electrons. The first-order valence-corrected chi connectivity index (χ1v) is 13.5. The highest BCUT2D eigenvalue weighted by Crippen LogP contribution is 2.29. The largest absolute Gasteiger partial charge is 0.396 e. The van der Waals surface area contributed by atoms with Crippen LogP contribution >= 0.6 is 11.3 Å². The van der Waals surface area contributed by atoms with Gasteiger partial charge in [0.05, 0.1) is 28.4 Å². The van der Waals surface area contributed by atoms with E-state index in [1.165, 1.54) is 17.4 Å². The minimum Gasteiger partial charge on any atom is -0.396 e. The second-order valence-corrected chi connectivity index (χ2v) is 11.3. The molecule has 172 valence electrons. The predicted molar refractivity (Wildman–Crippen MR) is 130 cm³/mol. The molecule has 3 aromatic heterocycles. The fourth-order valence-corrected chi connectivity index (χ4v) is 5.99. The molecule has 5 rings (SSSR count). The van der Waals surface area contributed by atoms with Crippen LogP contribution in [0.1, 0.15) is 12.0 Å².